The predicted molar refractivity (Wildman–Crippen MR) is 108 cm³/mol. The van der Waals surface area contributed by atoms with Gasteiger partial charge in [0, 0.05) is 37.8 Å². The number of aryl methyl sites for hydroxylation is 2. The summed E-state index contributed by atoms with van der Waals surface area (Å²) >= 11 is 5.99. The maximum atomic E-state index is 13.8. The minimum absolute atomic E-state index is 0.0679. The van der Waals surface area contributed by atoms with Crippen molar-refractivity contribution in [1.82, 2.24) is 24.2 Å². The first-order valence-electron chi connectivity index (χ1n) is 9.30. The third kappa shape index (κ3) is 3.54. The first-order valence-corrected chi connectivity index (χ1v) is 9.67. The molecule has 7 nitrogen and oxygen atoms in total. The molecule has 1 aliphatic rings. The van der Waals surface area contributed by atoms with Crippen LogP contribution in [0.3, 0.4) is 0 Å². The number of rotatable bonds is 4. The SMILES string of the molecule is Cc1cc(Cl)cc(O)c1-n1cc2c(nc(NC[C@@H]3C[C@@H](F)CN(C)C3)n2C)n1. The van der Waals surface area contributed by atoms with E-state index in [-0.39, 0.29) is 11.7 Å². The van der Waals surface area contributed by atoms with Crippen molar-refractivity contribution in [3.63, 3.8) is 0 Å². The third-order valence-electron chi connectivity index (χ3n) is 5.26. The van der Waals surface area contributed by atoms with E-state index in [1.165, 1.54) is 6.07 Å². The third-order valence-corrected chi connectivity index (χ3v) is 5.48. The lowest BCUT2D eigenvalue weighted by Gasteiger charge is -2.32. The molecule has 1 fully saturated rings. The van der Waals surface area contributed by atoms with E-state index >= 15 is 0 Å². The van der Waals surface area contributed by atoms with Gasteiger partial charge in [-0.1, -0.05) is 11.6 Å². The molecule has 2 atom stereocenters. The van der Waals surface area contributed by atoms with Gasteiger partial charge in [0.05, 0.1) is 6.20 Å². The Morgan fingerprint density at radius 2 is 2.11 bits per heavy atom. The highest BCUT2D eigenvalue weighted by atomic mass is 35.5. The van der Waals surface area contributed by atoms with Gasteiger partial charge in [0.2, 0.25) is 11.6 Å². The molecule has 1 saturated heterocycles. The molecule has 4 rings (SSSR count). The molecule has 3 aromatic rings. The van der Waals surface area contributed by atoms with Gasteiger partial charge in [-0.05, 0) is 37.9 Å². The average Bonchev–Trinajstić information content (AvgIpc) is 3.11. The van der Waals surface area contributed by atoms with Crippen LogP contribution in [0.2, 0.25) is 5.02 Å². The number of imidazole rings is 1. The summed E-state index contributed by atoms with van der Waals surface area (Å²) in [7, 11) is 3.86. The summed E-state index contributed by atoms with van der Waals surface area (Å²) in [5.74, 6) is 1.01. The Labute approximate surface area is 167 Å². The van der Waals surface area contributed by atoms with Crippen LogP contribution in [-0.4, -0.2) is 62.2 Å². The van der Waals surface area contributed by atoms with E-state index in [9.17, 15) is 9.50 Å². The summed E-state index contributed by atoms with van der Waals surface area (Å²) in [5, 5.41) is 18.6. The molecular weight excluding hydrogens is 383 g/mol. The Bertz CT molecular complexity index is 982. The van der Waals surface area contributed by atoms with Gasteiger partial charge < -0.3 is 19.9 Å². The highest BCUT2D eigenvalue weighted by Crippen LogP contribution is 2.30. The molecule has 0 spiro atoms. The second-order valence-corrected chi connectivity index (χ2v) is 8.10. The molecule has 1 aliphatic heterocycles. The van der Waals surface area contributed by atoms with Crippen molar-refractivity contribution in [3.8, 4) is 11.4 Å². The molecular formula is C19H24ClFN6O. The van der Waals surface area contributed by atoms with Gasteiger partial charge in [-0.3, -0.25) is 0 Å². The first-order chi connectivity index (χ1) is 13.3. The molecule has 2 N–H and O–H groups in total. The molecule has 0 aliphatic carbocycles. The van der Waals surface area contributed by atoms with Gasteiger partial charge in [-0.25, -0.2) is 9.07 Å². The molecule has 3 heterocycles. The van der Waals surface area contributed by atoms with Crippen molar-refractivity contribution in [1.29, 1.82) is 0 Å². The zero-order chi connectivity index (χ0) is 20.0. The smallest absolute Gasteiger partial charge is 0.205 e. The standard InChI is InChI=1S/C19H24ClFN6O/c1-11-4-13(20)6-16(28)17(11)27-10-15-18(24-27)23-19(26(15)3)22-7-12-5-14(21)9-25(2)8-12/h4,6,10,12,14,28H,5,7-9H2,1-3H3,(H,22,23,24)/t12-,14+/m0/s1. The van der Waals surface area contributed by atoms with Crippen LogP contribution in [0.25, 0.3) is 16.9 Å². The number of alkyl halides is 1. The van der Waals surface area contributed by atoms with Crippen LogP contribution in [0, 0.1) is 12.8 Å². The fourth-order valence-electron chi connectivity index (χ4n) is 4.00. The van der Waals surface area contributed by atoms with Gasteiger partial charge in [0.25, 0.3) is 0 Å². The summed E-state index contributed by atoms with van der Waals surface area (Å²) in [6, 6.07) is 3.28. The minimum Gasteiger partial charge on any atom is -0.506 e. The van der Waals surface area contributed by atoms with Crippen molar-refractivity contribution in [2.75, 3.05) is 32.0 Å². The number of phenols is 1. The van der Waals surface area contributed by atoms with Gasteiger partial charge in [0.1, 0.15) is 23.1 Å². The summed E-state index contributed by atoms with van der Waals surface area (Å²) < 4.78 is 17.3. The lowest BCUT2D eigenvalue weighted by atomic mass is 9.97. The number of halogens is 2. The molecule has 28 heavy (non-hydrogen) atoms. The van der Waals surface area contributed by atoms with Crippen LogP contribution in [0.15, 0.2) is 18.3 Å². The molecule has 150 valence electrons. The second-order valence-electron chi connectivity index (χ2n) is 7.67. The Kier molecular flexibility index (Phi) is 4.93. The fraction of sp³-hybridized carbons (Fsp3) is 0.474. The van der Waals surface area contributed by atoms with E-state index in [0.717, 1.165) is 17.6 Å². The molecule has 0 bridgehead atoms. The van der Waals surface area contributed by atoms with Crippen LogP contribution in [0.1, 0.15) is 12.0 Å². The Morgan fingerprint density at radius 3 is 2.79 bits per heavy atom. The first kappa shape index (κ1) is 19.0. The van der Waals surface area contributed by atoms with E-state index < -0.39 is 6.17 Å². The molecule has 0 unspecified atom stereocenters. The number of nitrogens with one attached hydrogen (secondary N) is 1. The lowest BCUT2D eigenvalue weighted by Crippen LogP contribution is -2.41. The van der Waals surface area contributed by atoms with Crippen LogP contribution in [0.5, 0.6) is 5.75 Å². The number of aromatic nitrogens is 4. The number of aromatic hydroxyl groups is 1. The monoisotopic (exact) mass is 406 g/mol. The summed E-state index contributed by atoms with van der Waals surface area (Å²) in [4.78, 5) is 6.59. The van der Waals surface area contributed by atoms with Crippen LogP contribution in [-0.2, 0) is 7.05 Å². The van der Waals surface area contributed by atoms with E-state index in [1.807, 2.05) is 36.7 Å². The summed E-state index contributed by atoms with van der Waals surface area (Å²) in [6.45, 7) is 3.91. The molecule has 0 saturated carbocycles. The molecule has 1 aromatic carbocycles. The Morgan fingerprint density at radius 1 is 1.32 bits per heavy atom. The van der Waals surface area contributed by atoms with Crippen molar-refractivity contribution in [2.24, 2.45) is 13.0 Å². The number of piperidine rings is 1. The molecule has 9 heteroatoms. The van der Waals surface area contributed by atoms with Gasteiger partial charge in [0.15, 0.2) is 0 Å². The topological polar surface area (TPSA) is 71.1 Å². The second kappa shape index (κ2) is 7.25. The zero-order valence-electron chi connectivity index (χ0n) is 16.2. The number of phenolic OH excluding ortho intramolecular Hbond substituents is 1. The Hall–Kier alpha value is -2.32. The summed E-state index contributed by atoms with van der Waals surface area (Å²) in [5.41, 5.74) is 2.80. The van der Waals surface area contributed by atoms with Crippen molar-refractivity contribution >= 4 is 28.7 Å². The number of hydrogen-bond acceptors (Lipinski definition) is 5. The predicted octanol–water partition coefficient (Wildman–Crippen LogP) is 3.13. The minimum atomic E-state index is -0.774. The maximum absolute atomic E-state index is 13.8. The number of fused-ring (bicyclic) bond motifs is 1. The number of nitrogens with zero attached hydrogens (tertiary/aromatic N) is 5. The van der Waals surface area contributed by atoms with Gasteiger partial charge in [-0.2, -0.15) is 4.98 Å². The van der Waals surface area contributed by atoms with E-state index in [4.69, 9.17) is 11.6 Å². The molecule has 0 amide bonds. The number of anilines is 1. The quantitative estimate of drug-likeness (QED) is 0.696. The van der Waals surface area contributed by atoms with Gasteiger partial charge in [-0.15, -0.1) is 5.10 Å². The van der Waals surface area contributed by atoms with Crippen molar-refractivity contribution in [3.05, 3.63) is 28.9 Å². The van der Waals surface area contributed by atoms with Crippen LogP contribution >= 0.6 is 11.6 Å². The zero-order valence-corrected chi connectivity index (χ0v) is 16.9. The van der Waals surface area contributed by atoms with E-state index in [1.54, 1.807) is 10.7 Å². The number of likely N-dealkylation sites (tertiary alicyclic amines) is 1. The number of hydrogen-bond donors (Lipinski definition) is 2. The van der Waals surface area contributed by atoms with Crippen LogP contribution < -0.4 is 5.32 Å². The number of benzene rings is 1. The lowest BCUT2D eigenvalue weighted by molar-refractivity contribution is 0.122. The van der Waals surface area contributed by atoms with Crippen molar-refractivity contribution in [2.45, 2.75) is 19.5 Å². The Balaban J connectivity index is 1.55. The average molecular weight is 407 g/mol. The van der Waals surface area contributed by atoms with Gasteiger partial charge >= 0.3 is 0 Å². The molecule has 2 aromatic heterocycles. The van der Waals surface area contributed by atoms with E-state index in [0.29, 0.717) is 41.8 Å². The van der Waals surface area contributed by atoms with E-state index in [2.05, 4.69) is 15.4 Å². The normalized spacial score (nSPS) is 20.8. The molecule has 0 radical (unpaired) electrons. The summed E-state index contributed by atoms with van der Waals surface area (Å²) in [6.07, 6.45) is 1.63. The highest BCUT2D eigenvalue weighted by Gasteiger charge is 2.25. The largest absolute Gasteiger partial charge is 0.506 e. The van der Waals surface area contributed by atoms with Crippen molar-refractivity contribution < 1.29 is 9.50 Å². The highest BCUT2D eigenvalue weighted by molar-refractivity contribution is 6.30. The maximum Gasteiger partial charge on any atom is 0.205 e. The fourth-order valence-corrected chi connectivity index (χ4v) is 4.26. The van der Waals surface area contributed by atoms with Crippen LogP contribution in [0.4, 0.5) is 10.3 Å².